The van der Waals surface area contributed by atoms with E-state index in [1.54, 1.807) is 0 Å². The first-order valence-electron chi connectivity index (χ1n) is 5.52. The summed E-state index contributed by atoms with van der Waals surface area (Å²) in [5.74, 6) is 0.297. The van der Waals surface area contributed by atoms with Gasteiger partial charge < -0.3 is 4.90 Å². The monoisotopic (exact) mass is 203 g/mol. The van der Waals surface area contributed by atoms with E-state index < -0.39 is 0 Å². The van der Waals surface area contributed by atoms with Crippen LogP contribution >= 0.6 is 0 Å². The summed E-state index contributed by atoms with van der Waals surface area (Å²) < 4.78 is 0. The van der Waals surface area contributed by atoms with E-state index in [9.17, 15) is 4.79 Å². The van der Waals surface area contributed by atoms with Crippen molar-refractivity contribution in [2.24, 2.45) is 5.92 Å². The highest BCUT2D eigenvalue weighted by Crippen LogP contribution is 2.32. The van der Waals surface area contributed by atoms with Gasteiger partial charge in [-0.05, 0) is 25.0 Å². The summed E-state index contributed by atoms with van der Waals surface area (Å²) in [6.45, 7) is 6.02. The number of para-hydroxylation sites is 1. The summed E-state index contributed by atoms with van der Waals surface area (Å²) in [7, 11) is 0. The van der Waals surface area contributed by atoms with E-state index >= 15 is 0 Å². The standard InChI is InChI=1S/C13H17NO/c1-9(2)13(15)14-10(3)8-11-6-4-5-7-12(11)14/h4-7,9-10H,8H2,1-3H3. The Morgan fingerprint density at radius 3 is 2.73 bits per heavy atom. The molecule has 0 spiro atoms. The van der Waals surface area contributed by atoms with Crippen molar-refractivity contribution in [2.75, 3.05) is 4.90 Å². The lowest BCUT2D eigenvalue weighted by atomic mass is 10.1. The average Bonchev–Trinajstić information content (AvgIpc) is 2.52. The fourth-order valence-electron chi connectivity index (χ4n) is 2.18. The zero-order chi connectivity index (χ0) is 11.0. The molecule has 80 valence electrons. The molecule has 0 N–H and O–H groups in total. The maximum atomic E-state index is 12.0. The molecule has 0 aliphatic carbocycles. The van der Waals surface area contributed by atoms with E-state index in [0.717, 1.165) is 12.1 Å². The lowest BCUT2D eigenvalue weighted by molar-refractivity contribution is -0.121. The van der Waals surface area contributed by atoms with E-state index in [4.69, 9.17) is 0 Å². The zero-order valence-electron chi connectivity index (χ0n) is 9.53. The summed E-state index contributed by atoms with van der Waals surface area (Å²) >= 11 is 0. The molecule has 1 aromatic rings. The molecule has 0 radical (unpaired) electrons. The number of rotatable bonds is 1. The minimum Gasteiger partial charge on any atom is -0.309 e. The number of nitrogens with zero attached hydrogens (tertiary/aromatic N) is 1. The van der Waals surface area contributed by atoms with Gasteiger partial charge in [0.25, 0.3) is 0 Å². The van der Waals surface area contributed by atoms with Crippen LogP contribution in [0.4, 0.5) is 5.69 Å². The van der Waals surface area contributed by atoms with Crippen LogP contribution in [-0.2, 0) is 11.2 Å². The number of hydrogen-bond acceptors (Lipinski definition) is 1. The number of amides is 1. The van der Waals surface area contributed by atoms with E-state index in [-0.39, 0.29) is 11.8 Å². The fourth-order valence-corrected chi connectivity index (χ4v) is 2.18. The van der Waals surface area contributed by atoms with Crippen LogP contribution in [0.1, 0.15) is 26.3 Å². The molecule has 15 heavy (non-hydrogen) atoms. The Bertz CT molecular complexity index is 384. The first-order chi connectivity index (χ1) is 7.11. The highest BCUT2D eigenvalue weighted by Gasteiger charge is 2.31. The minimum absolute atomic E-state index is 0.0682. The van der Waals surface area contributed by atoms with Crippen LogP contribution in [0.15, 0.2) is 24.3 Å². The van der Waals surface area contributed by atoms with Gasteiger partial charge in [-0.15, -0.1) is 0 Å². The molecule has 0 saturated carbocycles. The molecule has 2 heteroatoms. The van der Waals surface area contributed by atoms with Crippen LogP contribution in [0.2, 0.25) is 0 Å². The van der Waals surface area contributed by atoms with Crippen LogP contribution in [0.3, 0.4) is 0 Å². The molecule has 1 aromatic carbocycles. The topological polar surface area (TPSA) is 20.3 Å². The van der Waals surface area contributed by atoms with Crippen LogP contribution < -0.4 is 4.90 Å². The molecule has 0 bridgehead atoms. The third kappa shape index (κ3) is 1.65. The molecule has 0 saturated heterocycles. The third-order valence-electron chi connectivity index (χ3n) is 2.94. The summed E-state index contributed by atoms with van der Waals surface area (Å²) in [5, 5.41) is 0. The van der Waals surface area contributed by atoms with Crippen molar-refractivity contribution in [2.45, 2.75) is 33.2 Å². The molecule has 2 rings (SSSR count). The number of hydrogen-bond donors (Lipinski definition) is 0. The molecule has 1 atom stereocenters. The summed E-state index contributed by atoms with van der Waals surface area (Å²) in [6, 6.07) is 8.49. The fraction of sp³-hybridized carbons (Fsp3) is 0.462. The SMILES string of the molecule is CC(C)C(=O)N1c2ccccc2CC1C. The number of anilines is 1. The number of benzene rings is 1. The molecule has 0 aromatic heterocycles. The second-order valence-corrected chi connectivity index (χ2v) is 4.54. The summed E-state index contributed by atoms with van der Waals surface area (Å²) in [5.41, 5.74) is 2.39. The van der Waals surface area contributed by atoms with Gasteiger partial charge in [0.05, 0.1) is 0 Å². The number of fused-ring (bicyclic) bond motifs is 1. The van der Waals surface area contributed by atoms with Crippen molar-refractivity contribution in [1.29, 1.82) is 0 Å². The lowest BCUT2D eigenvalue weighted by Gasteiger charge is -2.24. The predicted molar refractivity (Wildman–Crippen MR) is 61.9 cm³/mol. The first-order valence-corrected chi connectivity index (χ1v) is 5.52. The van der Waals surface area contributed by atoms with Crippen LogP contribution in [0, 0.1) is 5.92 Å². The van der Waals surface area contributed by atoms with Crippen LogP contribution in [0.25, 0.3) is 0 Å². The van der Waals surface area contributed by atoms with Gasteiger partial charge in [-0.25, -0.2) is 0 Å². The van der Waals surface area contributed by atoms with Gasteiger partial charge in [0.1, 0.15) is 0 Å². The molecule has 1 amide bonds. The molecule has 1 aliphatic heterocycles. The van der Waals surface area contributed by atoms with Crippen molar-refractivity contribution < 1.29 is 4.79 Å². The summed E-state index contributed by atoms with van der Waals surface area (Å²) in [6.07, 6.45) is 0.981. The maximum Gasteiger partial charge on any atom is 0.229 e. The van der Waals surface area contributed by atoms with Crippen molar-refractivity contribution in [3.63, 3.8) is 0 Å². The Hall–Kier alpha value is -1.31. The Labute approximate surface area is 90.9 Å². The smallest absolute Gasteiger partial charge is 0.229 e. The van der Waals surface area contributed by atoms with Gasteiger partial charge in [0.15, 0.2) is 0 Å². The molecule has 0 fully saturated rings. The normalized spacial score (nSPS) is 19.5. The Kier molecular flexibility index (Phi) is 2.51. The van der Waals surface area contributed by atoms with Crippen LogP contribution in [0.5, 0.6) is 0 Å². The molecular formula is C13H17NO. The molecule has 2 nitrogen and oxygen atoms in total. The zero-order valence-corrected chi connectivity index (χ0v) is 9.53. The van der Waals surface area contributed by atoms with Crippen LogP contribution in [-0.4, -0.2) is 11.9 Å². The molecule has 1 heterocycles. The van der Waals surface area contributed by atoms with Gasteiger partial charge in [-0.2, -0.15) is 0 Å². The predicted octanol–water partition coefficient (Wildman–Crippen LogP) is 2.62. The molecular weight excluding hydrogens is 186 g/mol. The Morgan fingerprint density at radius 2 is 2.07 bits per heavy atom. The quantitative estimate of drug-likeness (QED) is 0.687. The van der Waals surface area contributed by atoms with Gasteiger partial charge in [-0.1, -0.05) is 32.0 Å². The average molecular weight is 203 g/mol. The van der Waals surface area contributed by atoms with Gasteiger partial charge >= 0.3 is 0 Å². The second-order valence-electron chi connectivity index (χ2n) is 4.54. The number of carbonyl (C=O) groups excluding carboxylic acids is 1. The highest BCUT2D eigenvalue weighted by atomic mass is 16.2. The van der Waals surface area contributed by atoms with E-state index in [1.807, 2.05) is 36.9 Å². The van der Waals surface area contributed by atoms with Crippen molar-refractivity contribution in [3.8, 4) is 0 Å². The van der Waals surface area contributed by atoms with Crippen molar-refractivity contribution >= 4 is 11.6 Å². The lowest BCUT2D eigenvalue weighted by Crippen LogP contribution is -2.38. The summed E-state index contributed by atoms with van der Waals surface area (Å²) in [4.78, 5) is 14.0. The third-order valence-corrected chi connectivity index (χ3v) is 2.94. The highest BCUT2D eigenvalue weighted by molar-refractivity contribution is 5.97. The molecule has 1 unspecified atom stereocenters. The van der Waals surface area contributed by atoms with Gasteiger partial charge in [0, 0.05) is 17.6 Å². The second kappa shape index (κ2) is 3.69. The Balaban J connectivity index is 2.38. The first kappa shape index (κ1) is 10.2. The van der Waals surface area contributed by atoms with E-state index in [1.165, 1.54) is 5.56 Å². The van der Waals surface area contributed by atoms with Gasteiger partial charge in [-0.3, -0.25) is 4.79 Å². The van der Waals surface area contributed by atoms with Crippen molar-refractivity contribution in [3.05, 3.63) is 29.8 Å². The van der Waals surface area contributed by atoms with Gasteiger partial charge in [0.2, 0.25) is 5.91 Å². The van der Waals surface area contributed by atoms with Crippen molar-refractivity contribution in [1.82, 2.24) is 0 Å². The van der Waals surface area contributed by atoms with E-state index in [0.29, 0.717) is 6.04 Å². The minimum atomic E-state index is 0.0682. The van der Waals surface area contributed by atoms with E-state index in [2.05, 4.69) is 13.0 Å². The number of carbonyl (C=O) groups is 1. The largest absolute Gasteiger partial charge is 0.309 e. The Morgan fingerprint density at radius 1 is 1.40 bits per heavy atom. The molecule has 1 aliphatic rings. The maximum absolute atomic E-state index is 12.0.